The third-order valence-electron chi connectivity index (χ3n) is 2.70. The quantitative estimate of drug-likeness (QED) is 0.926. The van der Waals surface area contributed by atoms with Gasteiger partial charge in [0, 0.05) is 0 Å². The fraction of sp³-hybridized carbons (Fsp3) is 0.133. The summed E-state index contributed by atoms with van der Waals surface area (Å²) >= 11 is 5.81. The molecule has 0 fully saturated rings. The fourth-order valence-corrected chi connectivity index (χ4v) is 1.82. The molecule has 6 heteroatoms. The molecule has 1 atom stereocenters. The molecule has 21 heavy (non-hydrogen) atoms. The number of carbonyl (C=O) groups is 1. The average molecular weight is 312 g/mol. The van der Waals surface area contributed by atoms with Crippen LogP contribution in [-0.4, -0.2) is 12.0 Å². The lowest BCUT2D eigenvalue weighted by Gasteiger charge is -2.15. The molecule has 0 saturated carbocycles. The van der Waals surface area contributed by atoms with E-state index in [1.165, 1.54) is 37.3 Å². The maximum atomic E-state index is 13.4. The molecule has 0 unspecified atom stereocenters. The largest absolute Gasteiger partial charge is 0.479 e. The normalized spacial score (nSPS) is 11.8. The summed E-state index contributed by atoms with van der Waals surface area (Å²) in [6.45, 7) is 1.48. The number of ether oxygens (including phenoxy) is 1. The maximum Gasteiger partial charge on any atom is 0.265 e. The van der Waals surface area contributed by atoms with Crippen LogP contribution in [0.15, 0.2) is 42.5 Å². The third-order valence-corrected chi connectivity index (χ3v) is 2.99. The number of para-hydroxylation sites is 1. The van der Waals surface area contributed by atoms with Gasteiger partial charge in [-0.2, -0.15) is 0 Å². The van der Waals surface area contributed by atoms with Crippen LogP contribution in [0.1, 0.15) is 6.92 Å². The third kappa shape index (κ3) is 3.92. The zero-order chi connectivity index (χ0) is 15.4. The van der Waals surface area contributed by atoms with Gasteiger partial charge in [-0.25, -0.2) is 8.78 Å². The van der Waals surface area contributed by atoms with Gasteiger partial charge in [0.25, 0.3) is 5.91 Å². The first kappa shape index (κ1) is 15.3. The summed E-state index contributed by atoms with van der Waals surface area (Å²) in [6, 6.07) is 9.36. The highest BCUT2D eigenvalue weighted by Crippen LogP contribution is 2.26. The number of anilines is 1. The Kier molecular flexibility index (Phi) is 4.75. The molecule has 0 bridgehead atoms. The first-order valence-electron chi connectivity index (χ1n) is 6.14. The van der Waals surface area contributed by atoms with Gasteiger partial charge >= 0.3 is 0 Å². The topological polar surface area (TPSA) is 38.3 Å². The lowest BCUT2D eigenvalue weighted by atomic mass is 10.2. The molecule has 0 aliphatic carbocycles. The predicted octanol–water partition coefficient (Wildman–Crippen LogP) is 4.02. The first-order chi connectivity index (χ1) is 9.97. The van der Waals surface area contributed by atoms with Crippen LogP contribution in [-0.2, 0) is 4.79 Å². The summed E-state index contributed by atoms with van der Waals surface area (Å²) in [5.41, 5.74) is 0.0585. The number of hydrogen-bond donors (Lipinski definition) is 1. The van der Waals surface area contributed by atoms with Gasteiger partial charge in [0.05, 0.1) is 10.7 Å². The number of halogens is 3. The van der Waals surface area contributed by atoms with Gasteiger partial charge in [0.2, 0.25) is 0 Å². The fourth-order valence-electron chi connectivity index (χ4n) is 1.61. The van der Waals surface area contributed by atoms with Gasteiger partial charge in [0.15, 0.2) is 6.10 Å². The van der Waals surface area contributed by atoms with Gasteiger partial charge in [-0.05, 0) is 37.3 Å². The molecule has 110 valence electrons. The van der Waals surface area contributed by atoms with Gasteiger partial charge in [-0.1, -0.05) is 23.7 Å². The van der Waals surface area contributed by atoms with Gasteiger partial charge in [0.1, 0.15) is 17.4 Å². The molecule has 0 heterocycles. The van der Waals surface area contributed by atoms with Crippen LogP contribution < -0.4 is 10.1 Å². The van der Waals surface area contributed by atoms with E-state index in [2.05, 4.69) is 5.32 Å². The molecular formula is C15H12ClF2NO2. The van der Waals surface area contributed by atoms with E-state index in [1.807, 2.05) is 0 Å². The highest BCUT2D eigenvalue weighted by Gasteiger charge is 2.17. The number of amides is 1. The van der Waals surface area contributed by atoms with Gasteiger partial charge in [-0.3, -0.25) is 4.79 Å². The Bertz CT molecular complexity index is 664. The standard InChI is InChI=1S/C15H12ClF2NO2/c1-9(21-14-7-6-10(17)8-11(14)16)15(20)19-13-5-3-2-4-12(13)18/h2-9H,1H3,(H,19,20)/t9-/m1/s1. The summed E-state index contributed by atoms with van der Waals surface area (Å²) in [7, 11) is 0. The van der Waals surface area contributed by atoms with Crippen LogP contribution in [0.25, 0.3) is 0 Å². The highest BCUT2D eigenvalue weighted by molar-refractivity contribution is 6.32. The lowest BCUT2D eigenvalue weighted by Crippen LogP contribution is -2.30. The minimum atomic E-state index is -0.924. The first-order valence-corrected chi connectivity index (χ1v) is 6.52. The van der Waals surface area contributed by atoms with E-state index in [-0.39, 0.29) is 16.5 Å². The number of hydrogen-bond acceptors (Lipinski definition) is 2. The molecule has 0 saturated heterocycles. The molecule has 1 amide bonds. The summed E-state index contributed by atoms with van der Waals surface area (Å²) in [6.07, 6.45) is -0.924. The summed E-state index contributed by atoms with van der Waals surface area (Å²) in [5, 5.41) is 2.46. The van der Waals surface area contributed by atoms with Crippen LogP contribution in [0.2, 0.25) is 5.02 Å². The van der Waals surface area contributed by atoms with Gasteiger partial charge in [-0.15, -0.1) is 0 Å². The molecule has 0 aliphatic heterocycles. The molecule has 0 aliphatic rings. The van der Waals surface area contributed by atoms with Crippen molar-refractivity contribution in [3.05, 3.63) is 59.1 Å². The Morgan fingerprint density at radius 2 is 1.95 bits per heavy atom. The van der Waals surface area contributed by atoms with Crippen molar-refractivity contribution >= 4 is 23.2 Å². The number of rotatable bonds is 4. The molecule has 2 rings (SSSR count). The van der Waals surface area contributed by atoms with Crippen molar-refractivity contribution in [2.45, 2.75) is 13.0 Å². The van der Waals surface area contributed by atoms with Crippen LogP contribution in [0.4, 0.5) is 14.5 Å². The van der Waals surface area contributed by atoms with Crippen LogP contribution in [0, 0.1) is 11.6 Å². The second kappa shape index (κ2) is 6.54. The molecule has 1 N–H and O–H groups in total. The highest BCUT2D eigenvalue weighted by atomic mass is 35.5. The molecular weight excluding hydrogens is 300 g/mol. The van der Waals surface area contributed by atoms with Crippen molar-refractivity contribution in [2.24, 2.45) is 0 Å². The number of nitrogens with one attached hydrogen (secondary N) is 1. The minimum absolute atomic E-state index is 0.0561. The average Bonchev–Trinajstić information content (AvgIpc) is 2.44. The number of carbonyl (C=O) groups excluding carboxylic acids is 1. The van der Waals surface area contributed by atoms with Crippen molar-refractivity contribution in [1.29, 1.82) is 0 Å². The van der Waals surface area contributed by atoms with Crippen LogP contribution in [0.3, 0.4) is 0 Å². The Morgan fingerprint density at radius 3 is 2.62 bits per heavy atom. The zero-order valence-corrected chi connectivity index (χ0v) is 11.8. The van der Waals surface area contributed by atoms with Crippen LogP contribution in [0.5, 0.6) is 5.75 Å². The van der Waals surface area contributed by atoms with E-state index in [9.17, 15) is 13.6 Å². The van der Waals surface area contributed by atoms with Crippen molar-refractivity contribution in [2.75, 3.05) is 5.32 Å². The summed E-state index contributed by atoms with van der Waals surface area (Å²) in [5.74, 6) is -1.41. The smallest absolute Gasteiger partial charge is 0.265 e. The molecule has 2 aromatic rings. The number of benzene rings is 2. The Hall–Kier alpha value is -2.14. The molecule has 3 nitrogen and oxygen atoms in total. The predicted molar refractivity (Wildman–Crippen MR) is 76.5 cm³/mol. The molecule has 0 radical (unpaired) electrons. The van der Waals surface area contributed by atoms with Crippen molar-refractivity contribution in [3.8, 4) is 5.75 Å². The van der Waals surface area contributed by atoms with Crippen molar-refractivity contribution < 1.29 is 18.3 Å². The van der Waals surface area contributed by atoms with Crippen molar-refractivity contribution in [3.63, 3.8) is 0 Å². The summed E-state index contributed by atoms with van der Waals surface area (Å²) in [4.78, 5) is 11.9. The maximum absolute atomic E-state index is 13.4. The zero-order valence-electron chi connectivity index (χ0n) is 11.1. The minimum Gasteiger partial charge on any atom is -0.479 e. The van der Waals surface area contributed by atoms with Crippen molar-refractivity contribution in [1.82, 2.24) is 0 Å². The van der Waals surface area contributed by atoms with E-state index in [0.29, 0.717) is 0 Å². The van der Waals surface area contributed by atoms with Crippen LogP contribution >= 0.6 is 11.6 Å². The Labute approximate surface area is 125 Å². The van der Waals surface area contributed by atoms with E-state index in [0.717, 1.165) is 6.07 Å². The van der Waals surface area contributed by atoms with E-state index in [1.54, 1.807) is 6.07 Å². The molecule has 0 aromatic heterocycles. The van der Waals surface area contributed by atoms with E-state index in [4.69, 9.17) is 16.3 Å². The molecule has 2 aromatic carbocycles. The Morgan fingerprint density at radius 1 is 1.24 bits per heavy atom. The lowest BCUT2D eigenvalue weighted by molar-refractivity contribution is -0.122. The second-order valence-electron chi connectivity index (χ2n) is 4.30. The summed E-state index contributed by atoms with van der Waals surface area (Å²) < 4.78 is 31.7. The monoisotopic (exact) mass is 311 g/mol. The molecule has 0 spiro atoms. The SMILES string of the molecule is C[C@@H](Oc1ccc(F)cc1Cl)C(=O)Nc1ccccc1F. The van der Waals surface area contributed by atoms with E-state index >= 15 is 0 Å². The second-order valence-corrected chi connectivity index (χ2v) is 4.71. The van der Waals surface area contributed by atoms with Gasteiger partial charge < -0.3 is 10.1 Å². The Balaban J connectivity index is 2.04. The van der Waals surface area contributed by atoms with E-state index < -0.39 is 23.6 Å².